The Labute approximate surface area is 216 Å². The van der Waals surface area contributed by atoms with Gasteiger partial charge >= 0.3 is 0 Å². The van der Waals surface area contributed by atoms with E-state index in [4.69, 9.17) is 4.98 Å². The lowest BCUT2D eigenvalue weighted by Crippen LogP contribution is -2.59. The number of pyridine rings is 1. The summed E-state index contributed by atoms with van der Waals surface area (Å²) >= 11 is 0. The first kappa shape index (κ1) is 23.9. The number of anilines is 1. The molecule has 4 aliphatic heterocycles. The van der Waals surface area contributed by atoms with E-state index in [1.54, 1.807) is 4.90 Å². The minimum Gasteiger partial charge on any atom is -0.508 e. The van der Waals surface area contributed by atoms with Gasteiger partial charge in [0.1, 0.15) is 29.0 Å². The van der Waals surface area contributed by atoms with Crippen LogP contribution in [-0.2, 0) is 11.2 Å². The maximum Gasteiger partial charge on any atom is 0.245 e. The van der Waals surface area contributed by atoms with Gasteiger partial charge in [0, 0.05) is 54.8 Å². The van der Waals surface area contributed by atoms with Crippen molar-refractivity contribution in [2.75, 3.05) is 31.1 Å². The number of phenolic OH excluding ortho intramolecular Hbond substituents is 1. The number of halogens is 1. The molecule has 0 saturated carbocycles. The topological polar surface area (TPSA) is 83.7 Å². The zero-order valence-corrected chi connectivity index (χ0v) is 21.4. The van der Waals surface area contributed by atoms with Crippen LogP contribution >= 0.6 is 0 Å². The SMILES string of the molecule is C=CC(=O)N1CC2(CCN(c3nc4c(c(-c5cc(O)ccc5F)c3C#N)C[C@@H]3CC[C@H]4N3C(C)C)C2)C1. The number of hydrogen-bond acceptors (Lipinski definition) is 6. The van der Waals surface area contributed by atoms with Gasteiger partial charge in [-0.05, 0) is 69.4 Å². The summed E-state index contributed by atoms with van der Waals surface area (Å²) in [5.41, 5.74) is 3.06. The van der Waals surface area contributed by atoms with E-state index >= 15 is 4.39 Å². The van der Waals surface area contributed by atoms with Gasteiger partial charge in [0.25, 0.3) is 0 Å². The lowest BCUT2D eigenvalue weighted by Gasteiger charge is -2.47. The molecule has 1 N–H and O–H groups in total. The fourth-order valence-corrected chi connectivity index (χ4v) is 7.28. The third kappa shape index (κ3) is 3.63. The number of nitriles is 1. The molecule has 1 aromatic carbocycles. The fourth-order valence-electron chi connectivity index (χ4n) is 7.28. The van der Waals surface area contributed by atoms with E-state index in [9.17, 15) is 15.2 Å². The first-order valence-corrected chi connectivity index (χ1v) is 13.1. The van der Waals surface area contributed by atoms with Crippen LogP contribution in [0.1, 0.15) is 56.0 Å². The number of fused-ring (bicyclic) bond motifs is 4. The van der Waals surface area contributed by atoms with Gasteiger partial charge in [-0.25, -0.2) is 9.37 Å². The fraction of sp³-hybridized carbons (Fsp3) is 0.483. The molecule has 0 radical (unpaired) electrons. The summed E-state index contributed by atoms with van der Waals surface area (Å²) in [4.78, 5) is 23.7. The van der Waals surface area contributed by atoms with Crippen LogP contribution < -0.4 is 4.90 Å². The highest BCUT2D eigenvalue weighted by molar-refractivity contribution is 5.88. The summed E-state index contributed by atoms with van der Waals surface area (Å²) in [6, 6.07) is 7.21. The highest BCUT2D eigenvalue weighted by atomic mass is 19.1. The molecule has 1 amide bonds. The molecule has 37 heavy (non-hydrogen) atoms. The Bertz CT molecular complexity index is 1340. The summed E-state index contributed by atoms with van der Waals surface area (Å²) in [6.45, 7) is 10.7. The van der Waals surface area contributed by atoms with E-state index < -0.39 is 5.82 Å². The van der Waals surface area contributed by atoms with Crippen molar-refractivity contribution in [3.8, 4) is 22.9 Å². The Hall–Kier alpha value is -3.44. The summed E-state index contributed by atoms with van der Waals surface area (Å²) in [6.07, 6.45) is 4.98. The number of carbonyl (C=O) groups is 1. The van der Waals surface area contributed by atoms with Crippen molar-refractivity contribution in [3.63, 3.8) is 0 Å². The second kappa shape index (κ2) is 8.56. The molecule has 1 spiro atoms. The molecule has 8 heteroatoms. The average Bonchev–Trinajstić information content (AvgIpc) is 3.45. The predicted molar refractivity (Wildman–Crippen MR) is 138 cm³/mol. The van der Waals surface area contributed by atoms with Gasteiger partial charge in [0.05, 0.1) is 11.7 Å². The first-order chi connectivity index (χ1) is 17.7. The van der Waals surface area contributed by atoms with Crippen LogP contribution in [0.5, 0.6) is 5.75 Å². The zero-order valence-electron chi connectivity index (χ0n) is 21.4. The molecule has 3 saturated heterocycles. The largest absolute Gasteiger partial charge is 0.508 e. The van der Waals surface area contributed by atoms with Gasteiger partial charge in [0.15, 0.2) is 0 Å². The smallest absolute Gasteiger partial charge is 0.245 e. The minimum absolute atomic E-state index is 0.0260. The maximum absolute atomic E-state index is 15.3. The number of aromatic nitrogens is 1. The molecule has 2 bridgehead atoms. The maximum atomic E-state index is 15.3. The molecule has 7 nitrogen and oxygen atoms in total. The quantitative estimate of drug-likeness (QED) is 0.634. The lowest BCUT2D eigenvalue weighted by atomic mass is 9.79. The third-order valence-electron chi connectivity index (χ3n) is 8.83. The van der Waals surface area contributed by atoms with Crippen molar-refractivity contribution in [1.82, 2.24) is 14.8 Å². The van der Waals surface area contributed by atoms with Gasteiger partial charge in [-0.1, -0.05) is 6.58 Å². The Kier molecular flexibility index (Phi) is 5.53. The Morgan fingerprint density at radius 2 is 2.11 bits per heavy atom. The summed E-state index contributed by atoms with van der Waals surface area (Å²) in [7, 11) is 0. The van der Waals surface area contributed by atoms with E-state index in [1.807, 2.05) is 0 Å². The van der Waals surface area contributed by atoms with E-state index in [0.29, 0.717) is 55.1 Å². The molecule has 3 fully saturated rings. The Morgan fingerprint density at radius 1 is 1.32 bits per heavy atom. The zero-order chi connectivity index (χ0) is 26.1. The normalized spacial score (nSPS) is 23.8. The Morgan fingerprint density at radius 3 is 2.81 bits per heavy atom. The first-order valence-electron chi connectivity index (χ1n) is 13.1. The van der Waals surface area contributed by atoms with Gasteiger partial charge in [-0.3, -0.25) is 9.69 Å². The molecular weight excluding hydrogens is 469 g/mol. The van der Waals surface area contributed by atoms with Crippen molar-refractivity contribution < 1.29 is 14.3 Å². The summed E-state index contributed by atoms with van der Waals surface area (Å²) in [5.74, 6) is 0.0534. The highest BCUT2D eigenvalue weighted by Crippen LogP contribution is 2.50. The number of aromatic hydroxyl groups is 1. The minimum atomic E-state index is -0.456. The van der Waals surface area contributed by atoms with Crippen molar-refractivity contribution >= 4 is 11.7 Å². The van der Waals surface area contributed by atoms with Crippen molar-refractivity contribution in [1.29, 1.82) is 5.26 Å². The molecular formula is C29H32FN5O2. The third-order valence-corrected chi connectivity index (χ3v) is 8.83. The number of benzene rings is 1. The number of phenols is 1. The van der Waals surface area contributed by atoms with Gasteiger partial charge in [-0.15, -0.1) is 0 Å². The van der Waals surface area contributed by atoms with Crippen molar-refractivity contribution in [3.05, 3.63) is 53.5 Å². The monoisotopic (exact) mass is 501 g/mol. The summed E-state index contributed by atoms with van der Waals surface area (Å²) < 4.78 is 15.3. The molecule has 0 unspecified atom stereocenters. The number of nitrogens with zero attached hydrogens (tertiary/aromatic N) is 5. The van der Waals surface area contributed by atoms with Crippen LogP contribution in [-0.4, -0.2) is 64.1 Å². The van der Waals surface area contributed by atoms with E-state index in [2.05, 4.69) is 36.3 Å². The second-order valence-corrected chi connectivity index (χ2v) is 11.4. The molecule has 6 rings (SSSR count). The van der Waals surface area contributed by atoms with Crippen LogP contribution in [0.4, 0.5) is 10.2 Å². The van der Waals surface area contributed by atoms with E-state index in [1.165, 1.54) is 24.3 Å². The van der Waals surface area contributed by atoms with Gasteiger partial charge in [-0.2, -0.15) is 5.26 Å². The van der Waals surface area contributed by atoms with Gasteiger partial charge < -0.3 is 14.9 Å². The summed E-state index contributed by atoms with van der Waals surface area (Å²) in [5, 5.41) is 20.7. The number of amides is 1. The van der Waals surface area contributed by atoms with Crippen LogP contribution in [0.15, 0.2) is 30.9 Å². The van der Waals surface area contributed by atoms with Crippen molar-refractivity contribution in [2.24, 2.45) is 5.41 Å². The second-order valence-electron chi connectivity index (χ2n) is 11.4. The van der Waals surface area contributed by atoms with Crippen LogP contribution in [0, 0.1) is 22.6 Å². The Balaban J connectivity index is 1.48. The number of likely N-dealkylation sites (tertiary alicyclic amines) is 1. The molecule has 192 valence electrons. The molecule has 5 heterocycles. The molecule has 1 aromatic heterocycles. The number of rotatable bonds is 4. The molecule has 2 aromatic rings. The highest BCUT2D eigenvalue weighted by Gasteiger charge is 2.50. The lowest BCUT2D eigenvalue weighted by molar-refractivity contribution is -0.136. The van der Waals surface area contributed by atoms with Crippen LogP contribution in [0.3, 0.4) is 0 Å². The average molecular weight is 502 g/mol. The molecule has 4 aliphatic rings. The number of carbonyl (C=O) groups excluding carboxylic acids is 1. The van der Waals surface area contributed by atoms with Crippen LogP contribution in [0.2, 0.25) is 0 Å². The van der Waals surface area contributed by atoms with Crippen molar-refractivity contribution in [2.45, 2.75) is 57.7 Å². The number of hydrogen-bond donors (Lipinski definition) is 1. The standard InChI is InChI=1S/C29H32FN5O2/c1-4-25(37)34-15-29(16-34)9-10-33(14-29)28-22(13-31)26(20-12-19(36)6-7-23(20)30)21-11-18-5-8-24(27(21)32-28)35(18)17(2)3/h4,6-7,12,17-18,24,36H,1,5,8-11,14-16H2,2-3H3/t18-,24+/m0/s1. The van der Waals surface area contributed by atoms with Gasteiger partial charge in [0.2, 0.25) is 5.91 Å². The van der Waals surface area contributed by atoms with E-state index in [0.717, 1.165) is 37.1 Å². The molecule has 0 aliphatic carbocycles. The van der Waals surface area contributed by atoms with E-state index in [-0.39, 0.29) is 28.7 Å². The molecule has 2 atom stereocenters. The van der Waals surface area contributed by atoms with Crippen LogP contribution in [0.25, 0.3) is 11.1 Å². The predicted octanol–water partition coefficient (Wildman–Crippen LogP) is 4.16.